The molecule has 0 bridgehead atoms. The van der Waals surface area contributed by atoms with Gasteiger partial charge in [-0.3, -0.25) is 9.59 Å². The van der Waals surface area contributed by atoms with Crippen LogP contribution in [0.3, 0.4) is 0 Å². The van der Waals surface area contributed by atoms with Crippen molar-refractivity contribution in [1.29, 1.82) is 0 Å². The first kappa shape index (κ1) is 12.8. The highest BCUT2D eigenvalue weighted by molar-refractivity contribution is 6.02. The van der Waals surface area contributed by atoms with Gasteiger partial charge in [0.15, 0.2) is 5.78 Å². The Morgan fingerprint density at radius 2 is 1.89 bits per heavy atom. The van der Waals surface area contributed by atoms with Gasteiger partial charge >= 0.3 is 5.97 Å². The van der Waals surface area contributed by atoms with Gasteiger partial charge in [0.25, 0.3) is 0 Å². The third-order valence-electron chi connectivity index (χ3n) is 3.68. The van der Waals surface area contributed by atoms with E-state index in [1.807, 2.05) is 30.3 Å². The summed E-state index contributed by atoms with van der Waals surface area (Å²) in [5.74, 6) is -0.414. The minimum atomic E-state index is -0.436. The van der Waals surface area contributed by atoms with E-state index in [1.54, 1.807) is 6.92 Å². The fourth-order valence-corrected chi connectivity index (χ4v) is 2.53. The quantitative estimate of drug-likeness (QED) is 0.592. The van der Waals surface area contributed by atoms with E-state index in [0.29, 0.717) is 6.61 Å². The van der Waals surface area contributed by atoms with Gasteiger partial charge in [0.1, 0.15) is 6.42 Å². The van der Waals surface area contributed by atoms with Crippen molar-refractivity contribution in [3.05, 3.63) is 35.9 Å². The van der Waals surface area contributed by atoms with Crippen molar-refractivity contribution in [1.82, 2.24) is 0 Å². The maximum atomic E-state index is 12.3. The average molecular weight is 246 g/mol. The van der Waals surface area contributed by atoms with Crippen molar-refractivity contribution < 1.29 is 14.3 Å². The lowest BCUT2D eigenvalue weighted by molar-refractivity contribution is -0.147. The summed E-state index contributed by atoms with van der Waals surface area (Å²) < 4.78 is 4.85. The molecule has 0 aliphatic heterocycles. The first-order valence-electron chi connectivity index (χ1n) is 6.43. The van der Waals surface area contributed by atoms with Crippen molar-refractivity contribution in [2.75, 3.05) is 6.61 Å². The van der Waals surface area contributed by atoms with Crippen LogP contribution >= 0.6 is 0 Å². The van der Waals surface area contributed by atoms with Gasteiger partial charge < -0.3 is 4.74 Å². The summed E-state index contributed by atoms with van der Waals surface area (Å²) in [6, 6.07) is 9.76. The summed E-state index contributed by atoms with van der Waals surface area (Å²) in [5.41, 5.74) is 0.596. The Morgan fingerprint density at radius 1 is 1.22 bits per heavy atom. The summed E-state index contributed by atoms with van der Waals surface area (Å²) in [7, 11) is 0. The SMILES string of the molecule is CCOC(=O)CC(=O)C1(c2ccccc2)CCC1. The number of hydrogen-bond acceptors (Lipinski definition) is 3. The van der Waals surface area contributed by atoms with Crippen LogP contribution in [0.25, 0.3) is 0 Å². The van der Waals surface area contributed by atoms with Gasteiger partial charge in [-0.05, 0) is 25.3 Å². The molecule has 1 aliphatic carbocycles. The number of ether oxygens (including phenoxy) is 1. The maximum absolute atomic E-state index is 12.3. The first-order valence-corrected chi connectivity index (χ1v) is 6.43. The molecule has 0 aromatic heterocycles. The molecule has 1 aromatic carbocycles. The third kappa shape index (κ3) is 2.30. The van der Waals surface area contributed by atoms with E-state index < -0.39 is 11.4 Å². The Labute approximate surface area is 107 Å². The molecule has 0 spiro atoms. The Morgan fingerprint density at radius 3 is 2.39 bits per heavy atom. The Bertz CT molecular complexity index is 432. The molecular formula is C15H18O3. The maximum Gasteiger partial charge on any atom is 0.313 e. The Balaban J connectivity index is 2.13. The lowest BCUT2D eigenvalue weighted by Crippen LogP contribution is -2.43. The number of Topliss-reactive ketones (excluding diaryl/α,β-unsaturated/α-hetero) is 1. The van der Waals surface area contributed by atoms with Gasteiger partial charge in [-0.1, -0.05) is 36.8 Å². The van der Waals surface area contributed by atoms with Crippen LogP contribution in [0.4, 0.5) is 0 Å². The molecule has 18 heavy (non-hydrogen) atoms. The first-order chi connectivity index (χ1) is 8.69. The molecule has 3 nitrogen and oxygen atoms in total. The highest BCUT2D eigenvalue weighted by Gasteiger charge is 2.45. The normalized spacial score (nSPS) is 16.7. The van der Waals surface area contributed by atoms with E-state index in [4.69, 9.17) is 4.74 Å². The molecule has 1 aromatic rings. The molecule has 96 valence electrons. The molecular weight excluding hydrogens is 228 g/mol. The minimum Gasteiger partial charge on any atom is -0.466 e. The monoisotopic (exact) mass is 246 g/mol. The number of ketones is 1. The molecule has 0 atom stereocenters. The van der Waals surface area contributed by atoms with Crippen LogP contribution in [0.1, 0.15) is 38.2 Å². The summed E-state index contributed by atoms with van der Waals surface area (Å²) in [4.78, 5) is 23.8. The van der Waals surface area contributed by atoms with E-state index in [0.717, 1.165) is 24.8 Å². The topological polar surface area (TPSA) is 43.4 Å². The molecule has 0 heterocycles. The molecule has 1 saturated carbocycles. The highest BCUT2D eigenvalue weighted by atomic mass is 16.5. The van der Waals surface area contributed by atoms with Crippen LogP contribution in [0, 0.1) is 0 Å². The average Bonchev–Trinajstić information content (AvgIpc) is 2.29. The number of esters is 1. The van der Waals surface area contributed by atoms with Gasteiger partial charge in [-0.15, -0.1) is 0 Å². The Hall–Kier alpha value is -1.64. The summed E-state index contributed by atoms with van der Waals surface area (Å²) in [5, 5.41) is 0. The van der Waals surface area contributed by atoms with Gasteiger partial charge in [0.2, 0.25) is 0 Å². The zero-order valence-corrected chi connectivity index (χ0v) is 10.6. The summed E-state index contributed by atoms with van der Waals surface area (Å²) >= 11 is 0. The van der Waals surface area contributed by atoms with Crippen LogP contribution in [0.5, 0.6) is 0 Å². The number of carbonyl (C=O) groups is 2. The van der Waals surface area contributed by atoms with Crippen LogP contribution < -0.4 is 0 Å². The van der Waals surface area contributed by atoms with Crippen molar-refractivity contribution in [3.63, 3.8) is 0 Å². The lowest BCUT2D eigenvalue weighted by atomic mass is 9.61. The van der Waals surface area contributed by atoms with E-state index in [2.05, 4.69) is 0 Å². The van der Waals surface area contributed by atoms with Crippen LogP contribution in [0.2, 0.25) is 0 Å². The van der Waals surface area contributed by atoms with Crippen molar-refractivity contribution in [3.8, 4) is 0 Å². The molecule has 1 fully saturated rings. The predicted octanol–water partition coefficient (Wildman–Crippen LogP) is 2.63. The number of benzene rings is 1. The molecule has 2 rings (SSSR count). The van der Waals surface area contributed by atoms with Gasteiger partial charge in [0.05, 0.1) is 12.0 Å². The van der Waals surface area contributed by atoms with E-state index in [9.17, 15) is 9.59 Å². The van der Waals surface area contributed by atoms with Crippen molar-refractivity contribution in [2.24, 2.45) is 0 Å². The Kier molecular flexibility index (Phi) is 3.80. The molecule has 0 N–H and O–H groups in total. The molecule has 0 saturated heterocycles. The van der Waals surface area contributed by atoms with Crippen LogP contribution in [0.15, 0.2) is 30.3 Å². The molecule has 0 amide bonds. The lowest BCUT2D eigenvalue weighted by Gasteiger charge is -2.40. The third-order valence-corrected chi connectivity index (χ3v) is 3.68. The standard InChI is InChI=1S/C15H18O3/c1-2-18-14(17)11-13(16)15(9-6-10-15)12-7-4-3-5-8-12/h3-5,7-8H,2,6,9-11H2,1H3. The zero-order valence-electron chi connectivity index (χ0n) is 10.6. The predicted molar refractivity (Wildman–Crippen MR) is 68.2 cm³/mol. The second-order valence-corrected chi connectivity index (χ2v) is 4.71. The van der Waals surface area contributed by atoms with Gasteiger partial charge in [-0.2, -0.15) is 0 Å². The van der Waals surface area contributed by atoms with Gasteiger partial charge in [-0.25, -0.2) is 0 Å². The van der Waals surface area contributed by atoms with E-state index in [1.165, 1.54) is 0 Å². The fraction of sp³-hybridized carbons (Fsp3) is 0.467. The van der Waals surface area contributed by atoms with Crippen molar-refractivity contribution >= 4 is 11.8 Å². The number of hydrogen-bond donors (Lipinski definition) is 0. The second-order valence-electron chi connectivity index (χ2n) is 4.71. The van der Waals surface area contributed by atoms with E-state index in [-0.39, 0.29) is 12.2 Å². The smallest absolute Gasteiger partial charge is 0.313 e. The second kappa shape index (κ2) is 5.34. The van der Waals surface area contributed by atoms with Crippen LogP contribution in [-0.4, -0.2) is 18.4 Å². The molecule has 1 aliphatic rings. The highest BCUT2D eigenvalue weighted by Crippen LogP contribution is 2.45. The van der Waals surface area contributed by atoms with Crippen molar-refractivity contribution in [2.45, 2.75) is 38.0 Å². The molecule has 0 unspecified atom stereocenters. The number of carbonyl (C=O) groups excluding carboxylic acids is 2. The minimum absolute atomic E-state index is 0.00148. The largest absolute Gasteiger partial charge is 0.466 e. The molecule has 3 heteroatoms. The number of rotatable bonds is 5. The summed E-state index contributed by atoms with van der Waals surface area (Å²) in [6.45, 7) is 2.07. The zero-order chi connectivity index (χ0) is 13.0. The summed E-state index contributed by atoms with van der Waals surface area (Å²) in [6.07, 6.45) is 2.62. The van der Waals surface area contributed by atoms with E-state index >= 15 is 0 Å². The molecule has 0 radical (unpaired) electrons. The van der Waals surface area contributed by atoms with Gasteiger partial charge in [0, 0.05) is 0 Å². The fourth-order valence-electron chi connectivity index (χ4n) is 2.53. The van der Waals surface area contributed by atoms with Crippen LogP contribution in [-0.2, 0) is 19.7 Å².